The molecule has 0 saturated heterocycles. The highest BCUT2D eigenvalue weighted by Crippen LogP contribution is 2.22. The molecule has 290 valence electrons. The Morgan fingerprint density at radius 1 is 0.551 bits per heavy atom. The van der Waals surface area contributed by atoms with Gasteiger partial charge >= 0.3 is 5.97 Å². The van der Waals surface area contributed by atoms with Gasteiger partial charge in [0.1, 0.15) is 6.29 Å². The van der Waals surface area contributed by atoms with Gasteiger partial charge in [-0.05, 0) is 77.9 Å². The lowest BCUT2D eigenvalue weighted by Crippen LogP contribution is -2.41. The van der Waals surface area contributed by atoms with Crippen LogP contribution < -0.4 is 0 Å². The summed E-state index contributed by atoms with van der Waals surface area (Å²) < 4.78 is 5.85. The Kier molecular flexibility index (Phi) is 35.3. The first kappa shape index (κ1) is 47.6. The van der Waals surface area contributed by atoms with Crippen molar-refractivity contribution in [2.24, 2.45) is 5.92 Å². The Hall–Kier alpha value is -1.43. The van der Waals surface area contributed by atoms with E-state index in [1.54, 1.807) is 0 Å². The Morgan fingerprint density at radius 3 is 1.59 bits per heavy atom. The summed E-state index contributed by atoms with van der Waals surface area (Å²) in [6.07, 6.45) is 34.1. The zero-order valence-corrected chi connectivity index (χ0v) is 33.6. The van der Waals surface area contributed by atoms with Crippen LogP contribution in [0.5, 0.6) is 0 Å². The van der Waals surface area contributed by atoms with Crippen LogP contribution in [0, 0.1) is 5.92 Å². The lowest BCUT2D eigenvalue weighted by Gasteiger charge is -2.33. The molecule has 0 aliphatic heterocycles. The molecular formula is C43H84N2O4. The monoisotopic (exact) mass is 693 g/mol. The van der Waals surface area contributed by atoms with Gasteiger partial charge in [0.2, 0.25) is 5.91 Å². The topological polar surface area (TPSA) is 66.9 Å². The normalized spacial score (nSPS) is 12.7. The zero-order valence-electron chi connectivity index (χ0n) is 33.6. The number of esters is 1. The van der Waals surface area contributed by atoms with Crippen molar-refractivity contribution >= 4 is 18.2 Å². The lowest BCUT2D eigenvalue weighted by atomic mass is 9.95. The number of rotatable bonds is 38. The van der Waals surface area contributed by atoms with Gasteiger partial charge in [-0.1, -0.05) is 143 Å². The van der Waals surface area contributed by atoms with Gasteiger partial charge in [-0.3, -0.25) is 9.59 Å². The summed E-state index contributed by atoms with van der Waals surface area (Å²) in [6.45, 7) is 9.15. The molecule has 0 heterocycles. The van der Waals surface area contributed by atoms with E-state index in [0.717, 1.165) is 90.0 Å². The van der Waals surface area contributed by atoms with Crippen LogP contribution in [0.3, 0.4) is 0 Å². The van der Waals surface area contributed by atoms with Crippen molar-refractivity contribution in [3.8, 4) is 0 Å². The highest BCUT2D eigenvalue weighted by molar-refractivity contribution is 5.76. The van der Waals surface area contributed by atoms with E-state index in [1.165, 1.54) is 103 Å². The molecule has 0 aromatic carbocycles. The van der Waals surface area contributed by atoms with Gasteiger partial charge in [-0.15, -0.1) is 0 Å². The van der Waals surface area contributed by atoms with E-state index in [9.17, 15) is 14.4 Å². The van der Waals surface area contributed by atoms with E-state index < -0.39 is 0 Å². The maximum absolute atomic E-state index is 13.6. The molecule has 2 atom stereocenters. The number of hydrogen-bond donors (Lipinski definition) is 0. The van der Waals surface area contributed by atoms with E-state index in [0.29, 0.717) is 37.7 Å². The first-order valence-corrected chi connectivity index (χ1v) is 21.4. The third kappa shape index (κ3) is 31.1. The van der Waals surface area contributed by atoms with Crippen molar-refractivity contribution in [2.75, 3.05) is 33.8 Å². The van der Waals surface area contributed by atoms with E-state index >= 15 is 0 Å². The number of aldehydes is 1. The quantitative estimate of drug-likeness (QED) is 0.0366. The van der Waals surface area contributed by atoms with Gasteiger partial charge in [0.05, 0.1) is 6.61 Å². The van der Waals surface area contributed by atoms with Gasteiger partial charge in [-0.25, -0.2) is 0 Å². The summed E-state index contributed by atoms with van der Waals surface area (Å²) in [5.41, 5.74) is 0. The Bertz CT molecular complexity index is 743. The van der Waals surface area contributed by atoms with E-state index in [4.69, 9.17) is 4.74 Å². The van der Waals surface area contributed by atoms with E-state index in [2.05, 4.69) is 44.7 Å². The van der Waals surface area contributed by atoms with Crippen LogP contribution in [0.15, 0.2) is 0 Å². The van der Waals surface area contributed by atoms with Crippen LogP contribution in [0.25, 0.3) is 0 Å². The average molecular weight is 693 g/mol. The summed E-state index contributed by atoms with van der Waals surface area (Å²) >= 11 is 0. The fourth-order valence-electron chi connectivity index (χ4n) is 7.00. The minimum Gasteiger partial charge on any atom is -0.465 e. The van der Waals surface area contributed by atoms with Crippen molar-refractivity contribution in [3.63, 3.8) is 0 Å². The highest BCUT2D eigenvalue weighted by atomic mass is 16.5. The molecule has 1 amide bonds. The number of nitrogens with zero attached hydrogens (tertiary/aromatic N) is 2. The molecule has 0 spiro atoms. The molecule has 49 heavy (non-hydrogen) atoms. The first-order valence-electron chi connectivity index (χ1n) is 21.4. The molecule has 0 saturated carbocycles. The molecule has 0 aliphatic carbocycles. The fourth-order valence-corrected chi connectivity index (χ4v) is 7.00. The Balaban J connectivity index is 4.95. The second kappa shape index (κ2) is 36.4. The molecule has 2 unspecified atom stereocenters. The summed E-state index contributed by atoms with van der Waals surface area (Å²) in [7, 11) is 4.20. The van der Waals surface area contributed by atoms with Crippen molar-refractivity contribution in [1.29, 1.82) is 0 Å². The number of unbranched alkanes of at least 4 members (excludes halogenated alkanes) is 18. The summed E-state index contributed by atoms with van der Waals surface area (Å²) in [6, 6.07) is 0.244. The molecular weight excluding hydrogens is 608 g/mol. The van der Waals surface area contributed by atoms with Gasteiger partial charge in [0.15, 0.2) is 0 Å². The second-order valence-corrected chi connectivity index (χ2v) is 15.3. The smallest absolute Gasteiger partial charge is 0.305 e. The third-order valence-corrected chi connectivity index (χ3v) is 10.2. The second-order valence-electron chi connectivity index (χ2n) is 15.3. The van der Waals surface area contributed by atoms with Gasteiger partial charge in [0, 0.05) is 31.8 Å². The molecule has 0 radical (unpaired) electrons. The number of ether oxygens (including phenoxy) is 1. The molecule has 0 aliphatic rings. The minimum atomic E-state index is -0.0346. The number of carbonyl (C=O) groups excluding carboxylic acids is 3. The van der Waals surface area contributed by atoms with Gasteiger partial charge < -0.3 is 19.3 Å². The van der Waals surface area contributed by atoms with Crippen LogP contribution in [-0.4, -0.2) is 67.8 Å². The van der Waals surface area contributed by atoms with Gasteiger partial charge in [0.25, 0.3) is 0 Å². The van der Waals surface area contributed by atoms with Crippen LogP contribution in [0.4, 0.5) is 0 Å². The molecule has 0 rings (SSSR count). The third-order valence-electron chi connectivity index (χ3n) is 10.2. The van der Waals surface area contributed by atoms with Crippen molar-refractivity contribution in [3.05, 3.63) is 0 Å². The maximum Gasteiger partial charge on any atom is 0.305 e. The Labute approximate surface area is 305 Å². The van der Waals surface area contributed by atoms with E-state index in [1.807, 2.05) is 0 Å². The molecule has 0 N–H and O–H groups in total. The summed E-state index contributed by atoms with van der Waals surface area (Å²) in [5, 5.41) is 0. The number of amides is 1. The predicted octanol–water partition coefficient (Wildman–Crippen LogP) is 11.9. The first-order chi connectivity index (χ1) is 23.9. The predicted molar refractivity (Wildman–Crippen MR) is 210 cm³/mol. The van der Waals surface area contributed by atoms with Crippen molar-refractivity contribution < 1.29 is 19.1 Å². The van der Waals surface area contributed by atoms with Crippen LogP contribution in [-0.2, 0) is 19.1 Å². The molecule has 6 heteroatoms. The number of carbonyl (C=O) groups is 3. The lowest BCUT2D eigenvalue weighted by molar-refractivity contribution is -0.145. The van der Waals surface area contributed by atoms with Crippen molar-refractivity contribution in [2.45, 2.75) is 219 Å². The van der Waals surface area contributed by atoms with E-state index in [-0.39, 0.29) is 12.0 Å². The fraction of sp³-hybridized carbons (Fsp3) is 0.930. The molecule has 0 fully saturated rings. The van der Waals surface area contributed by atoms with Crippen LogP contribution in [0.1, 0.15) is 213 Å². The summed E-state index contributed by atoms with van der Waals surface area (Å²) in [4.78, 5) is 41.6. The SMILES string of the molecule is CCCCCCCCC(=O)N(CCCN(C)C)C(CCCCCC=O)CCCCCC(=O)OCC(CCCCCC)CCCCCCCC. The summed E-state index contributed by atoms with van der Waals surface area (Å²) in [5.74, 6) is 0.792. The largest absolute Gasteiger partial charge is 0.465 e. The standard InChI is InChI=1S/C43H84N2O4/c1-6-9-12-15-17-23-31-40(30-22-14-11-8-3)39-49-43(48)35-27-21-25-33-41(32-24-19-20-28-38-46)45(37-29-36-44(4)5)42(47)34-26-18-16-13-10-7-2/h38,40-41H,6-37,39H2,1-5H3. The molecule has 0 bridgehead atoms. The average Bonchev–Trinajstić information content (AvgIpc) is 3.08. The molecule has 6 nitrogen and oxygen atoms in total. The Morgan fingerprint density at radius 2 is 1.02 bits per heavy atom. The molecule has 0 aromatic heterocycles. The highest BCUT2D eigenvalue weighted by Gasteiger charge is 2.23. The van der Waals surface area contributed by atoms with Crippen molar-refractivity contribution in [1.82, 2.24) is 9.80 Å². The zero-order chi connectivity index (χ0) is 36.2. The van der Waals surface area contributed by atoms with Gasteiger partial charge in [-0.2, -0.15) is 0 Å². The van der Waals surface area contributed by atoms with Crippen LogP contribution >= 0.6 is 0 Å². The maximum atomic E-state index is 13.6. The molecule has 0 aromatic rings. The number of hydrogen-bond acceptors (Lipinski definition) is 5. The minimum absolute atomic E-state index is 0.0346. The van der Waals surface area contributed by atoms with Crippen LogP contribution in [0.2, 0.25) is 0 Å².